The molecule has 0 atom stereocenters. The van der Waals surface area contributed by atoms with Crippen LogP contribution in [-0.4, -0.2) is 42.1 Å². The number of nitrogens with one attached hydrogen (secondary N) is 4. The van der Waals surface area contributed by atoms with Gasteiger partial charge in [0.25, 0.3) is 0 Å². The van der Waals surface area contributed by atoms with Gasteiger partial charge < -0.3 is 30.1 Å². The van der Waals surface area contributed by atoms with Crippen molar-refractivity contribution in [2.75, 3.05) is 0 Å². The van der Waals surface area contributed by atoms with E-state index < -0.39 is 11.9 Å². The smallest absolute Gasteiger partial charge is 0.303 e. The third kappa shape index (κ3) is 4.88. The zero-order chi connectivity index (χ0) is 25.2. The number of hydrogen-bond donors (Lipinski definition) is 6. The van der Waals surface area contributed by atoms with Gasteiger partial charge in [-0.25, -0.2) is 0 Å². The van der Waals surface area contributed by atoms with Crippen LogP contribution in [0.25, 0.3) is 23.8 Å². The number of hydrogen-bond acceptors (Lipinski definition) is 2. The summed E-state index contributed by atoms with van der Waals surface area (Å²) in [6.45, 7) is 4.00. The molecule has 0 radical (unpaired) electrons. The molecule has 182 valence electrons. The molecule has 0 saturated carbocycles. The van der Waals surface area contributed by atoms with Crippen molar-refractivity contribution < 1.29 is 19.8 Å². The van der Waals surface area contributed by atoms with Crippen LogP contribution in [0.15, 0.2) is 49.1 Å². The molecule has 1 aliphatic heterocycles. The predicted octanol–water partition coefficient (Wildman–Crippen LogP) is 1.22. The fourth-order valence-electron chi connectivity index (χ4n) is 4.52. The minimum absolute atomic E-state index is 0.00488. The van der Waals surface area contributed by atoms with Crippen molar-refractivity contribution in [2.24, 2.45) is 0 Å². The van der Waals surface area contributed by atoms with E-state index in [1.165, 1.54) is 0 Å². The Morgan fingerprint density at radius 3 is 2.17 bits per heavy atom. The summed E-state index contributed by atoms with van der Waals surface area (Å²) in [5, 5.41) is 21.9. The van der Waals surface area contributed by atoms with E-state index in [0.29, 0.717) is 12.8 Å². The highest BCUT2D eigenvalue weighted by molar-refractivity contribution is 5.72. The van der Waals surface area contributed by atoms with Crippen LogP contribution < -0.4 is 21.4 Å². The van der Waals surface area contributed by atoms with Gasteiger partial charge in [0.2, 0.25) is 0 Å². The Kier molecular flexibility index (Phi) is 6.08. The highest BCUT2D eigenvalue weighted by Gasteiger charge is 2.11. The first-order chi connectivity index (χ1) is 17.4. The maximum absolute atomic E-state index is 11.3. The van der Waals surface area contributed by atoms with Crippen LogP contribution in [0.3, 0.4) is 0 Å². The fraction of sp³-hybridized carbons (Fsp3) is 0.143. The van der Waals surface area contributed by atoms with Crippen molar-refractivity contribution in [3.63, 3.8) is 0 Å². The van der Waals surface area contributed by atoms with Gasteiger partial charge in [0.15, 0.2) is 0 Å². The van der Waals surface area contributed by atoms with Gasteiger partial charge in [-0.1, -0.05) is 12.7 Å². The standard InChI is InChI=1S/C28H26N4O4/c1-2-22-23-8-7-20(30-23)13-18-5-6-19(29-18)14-21-11-16(3-9-27(33)34)24(31-21)15-25-17(4-10-28(35)36)12-26(22)32-25/h2,5-8,11-15,29-32H,1,3-4,9-10H2,(H,33,34)(H,35,36). The molecule has 0 amide bonds. The number of rotatable bonds is 7. The van der Waals surface area contributed by atoms with Crippen LogP contribution in [0.2, 0.25) is 0 Å². The second kappa shape index (κ2) is 9.50. The Morgan fingerprint density at radius 1 is 0.778 bits per heavy atom. The topological polar surface area (TPSA) is 138 Å². The summed E-state index contributed by atoms with van der Waals surface area (Å²) in [6, 6.07) is 11.9. The Labute approximate surface area is 205 Å². The highest BCUT2D eigenvalue weighted by Crippen LogP contribution is 2.16. The summed E-state index contributed by atoms with van der Waals surface area (Å²) in [5.74, 6) is -1.74. The number of aromatic amines is 4. The van der Waals surface area contributed by atoms with Crippen molar-refractivity contribution in [3.8, 4) is 0 Å². The summed E-state index contributed by atoms with van der Waals surface area (Å²) in [6.07, 6.45) is 8.39. The molecule has 8 bridgehead atoms. The van der Waals surface area contributed by atoms with E-state index in [-0.39, 0.29) is 12.8 Å². The number of carbonyl (C=O) groups is 2. The monoisotopic (exact) mass is 482 g/mol. The molecule has 0 saturated heterocycles. The average Bonchev–Trinajstić information content (AvgIpc) is 3.61. The van der Waals surface area contributed by atoms with Crippen LogP contribution in [0, 0.1) is 0 Å². The Balaban J connectivity index is 1.79. The summed E-state index contributed by atoms with van der Waals surface area (Å²) in [5.41, 5.74) is 6.00. The largest absolute Gasteiger partial charge is 0.481 e. The summed E-state index contributed by atoms with van der Waals surface area (Å²) < 4.78 is 0. The van der Waals surface area contributed by atoms with Gasteiger partial charge in [-0.3, -0.25) is 9.59 Å². The zero-order valence-corrected chi connectivity index (χ0v) is 19.5. The predicted molar refractivity (Wildman–Crippen MR) is 137 cm³/mol. The number of carboxylic acid groups (broad SMARTS) is 2. The maximum Gasteiger partial charge on any atom is 0.303 e. The molecule has 0 spiro atoms. The van der Waals surface area contributed by atoms with Crippen molar-refractivity contribution >= 4 is 35.7 Å². The molecule has 4 aromatic heterocycles. The molecular weight excluding hydrogens is 456 g/mol. The lowest BCUT2D eigenvalue weighted by molar-refractivity contribution is -0.138. The first-order valence-corrected chi connectivity index (χ1v) is 11.7. The third-order valence-corrected chi connectivity index (χ3v) is 6.24. The molecule has 0 fully saturated rings. The lowest BCUT2D eigenvalue weighted by Gasteiger charge is -1.98. The lowest BCUT2D eigenvalue weighted by Crippen LogP contribution is -2.15. The Bertz CT molecular complexity index is 1730. The van der Waals surface area contributed by atoms with E-state index in [1.54, 1.807) is 6.08 Å². The second-order valence-electron chi connectivity index (χ2n) is 8.82. The molecule has 1 aliphatic rings. The first kappa shape index (κ1) is 23.0. The second-order valence-corrected chi connectivity index (χ2v) is 8.82. The van der Waals surface area contributed by atoms with Crippen LogP contribution in [-0.2, 0) is 22.4 Å². The van der Waals surface area contributed by atoms with Crippen molar-refractivity contribution in [2.45, 2.75) is 25.7 Å². The highest BCUT2D eigenvalue weighted by atomic mass is 16.4. The summed E-state index contributed by atoms with van der Waals surface area (Å²) in [7, 11) is 0. The normalized spacial score (nSPS) is 12.4. The number of allylic oxidation sites excluding steroid dienone is 1. The molecular formula is C28H26N4O4. The number of aliphatic carboxylic acids is 2. The SMILES string of the molecule is C=CC1=c2cc(CCC(=O)O)c([nH]2)=Cc2[nH]c(cc2CCC(=O)O)C=c2ccc([nH]2)=Cc2ccc1[nH]2. The van der Waals surface area contributed by atoms with Crippen LogP contribution in [0.1, 0.15) is 46.7 Å². The molecule has 36 heavy (non-hydrogen) atoms. The van der Waals surface area contributed by atoms with Gasteiger partial charge >= 0.3 is 11.9 Å². The minimum Gasteiger partial charge on any atom is -0.481 e. The Morgan fingerprint density at radius 2 is 1.47 bits per heavy atom. The van der Waals surface area contributed by atoms with Gasteiger partial charge in [0, 0.05) is 62.6 Å². The number of aromatic nitrogens is 4. The average molecular weight is 483 g/mol. The van der Waals surface area contributed by atoms with Crippen LogP contribution in [0.5, 0.6) is 0 Å². The zero-order valence-electron chi connectivity index (χ0n) is 19.5. The number of fused-ring (bicyclic) bond motifs is 8. The number of carboxylic acids is 2. The van der Waals surface area contributed by atoms with Gasteiger partial charge in [-0.05, 0) is 78.6 Å². The van der Waals surface area contributed by atoms with Crippen molar-refractivity contribution in [3.05, 3.63) is 104 Å². The molecule has 5 heterocycles. The quantitative estimate of drug-likeness (QED) is 0.236. The molecule has 0 aliphatic carbocycles. The number of H-pyrrole nitrogens is 4. The Hall–Kier alpha value is -4.72. The van der Waals surface area contributed by atoms with Crippen LogP contribution in [0.4, 0.5) is 0 Å². The molecule has 0 unspecified atom stereocenters. The first-order valence-electron chi connectivity index (χ1n) is 11.7. The van der Waals surface area contributed by atoms with E-state index >= 15 is 0 Å². The van der Waals surface area contributed by atoms with Crippen molar-refractivity contribution in [1.29, 1.82) is 0 Å². The van der Waals surface area contributed by atoms with Gasteiger partial charge in [0.1, 0.15) is 0 Å². The van der Waals surface area contributed by atoms with Crippen LogP contribution >= 0.6 is 0 Å². The van der Waals surface area contributed by atoms with E-state index in [0.717, 1.165) is 60.9 Å². The number of aryl methyl sites for hydroxylation is 2. The van der Waals surface area contributed by atoms with Gasteiger partial charge in [0.05, 0.1) is 0 Å². The molecule has 0 aromatic carbocycles. The van der Waals surface area contributed by atoms with E-state index in [9.17, 15) is 19.8 Å². The van der Waals surface area contributed by atoms with E-state index in [1.807, 2.05) is 54.6 Å². The molecule has 8 nitrogen and oxygen atoms in total. The molecule has 5 rings (SSSR count). The van der Waals surface area contributed by atoms with Gasteiger partial charge in [-0.15, -0.1) is 0 Å². The van der Waals surface area contributed by atoms with E-state index in [4.69, 9.17) is 0 Å². The molecule has 6 N–H and O–H groups in total. The summed E-state index contributed by atoms with van der Waals surface area (Å²) >= 11 is 0. The third-order valence-electron chi connectivity index (χ3n) is 6.24. The maximum atomic E-state index is 11.3. The minimum atomic E-state index is -0.872. The lowest BCUT2D eigenvalue weighted by atomic mass is 10.1. The molecule has 8 heteroatoms. The van der Waals surface area contributed by atoms with Crippen molar-refractivity contribution in [1.82, 2.24) is 19.9 Å². The van der Waals surface area contributed by atoms with E-state index in [2.05, 4.69) is 26.5 Å². The summed E-state index contributed by atoms with van der Waals surface area (Å²) in [4.78, 5) is 36.2. The fourth-order valence-corrected chi connectivity index (χ4v) is 4.52. The molecule has 4 aromatic rings. The van der Waals surface area contributed by atoms with Gasteiger partial charge in [-0.2, -0.15) is 0 Å².